The van der Waals surface area contributed by atoms with E-state index in [9.17, 15) is 9.36 Å². The van der Waals surface area contributed by atoms with E-state index >= 15 is 0 Å². The molecule has 9 heteroatoms. The second kappa shape index (κ2) is 17.0. The fraction of sp³-hybridized carbons (Fsp3) is 0.162. The van der Waals surface area contributed by atoms with E-state index in [4.69, 9.17) is 23.0 Å². The van der Waals surface area contributed by atoms with Gasteiger partial charge in [0, 0.05) is 6.54 Å². The van der Waals surface area contributed by atoms with Crippen molar-refractivity contribution in [3.05, 3.63) is 167 Å². The number of hydrogen-bond donors (Lipinski definition) is 1. The van der Waals surface area contributed by atoms with Gasteiger partial charge >= 0.3 is 13.9 Å². The number of phosphoric acid groups is 1. The van der Waals surface area contributed by atoms with E-state index < -0.39 is 13.9 Å². The van der Waals surface area contributed by atoms with E-state index in [0.29, 0.717) is 18.7 Å². The Balaban J connectivity index is 1.29. The highest BCUT2D eigenvalue weighted by Crippen LogP contribution is 2.53. The lowest BCUT2D eigenvalue weighted by atomic mass is 10.1. The molecule has 0 unspecified atom stereocenters. The number of alkyl carbamates (subject to hydrolysis) is 1. The average molecular weight is 638 g/mol. The molecule has 1 amide bonds. The quantitative estimate of drug-likeness (QED) is 0.108. The molecule has 5 aromatic rings. The van der Waals surface area contributed by atoms with Crippen LogP contribution in [0.25, 0.3) is 0 Å². The van der Waals surface area contributed by atoms with E-state index in [1.165, 1.54) is 0 Å². The molecule has 0 aliphatic carbocycles. The third-order valence-corrected chi connectivity index (χ3v) is 8.13. The van der Waals surface area contributed by atoms with Crippen LogP contribution in [-0.4, -0.2) is 12.6 Å². The van der Waals surface area contributed by atoms with Crippen LogP contribution in [0.5, 0.6) is 11.5 Å². The zero-order chi connectivity index (χ0) is 31.9. The monoisotopic (exact) mass is 637 g/mol. The molecule has 0 aromatic heterocycles. The van der Waals surface area contributed by atoms with Gasteiger partial charge in [0.25, 0.3) is 0 Å². The number of ether oxygens (including phenoxy) is 2. The van der Waals surface area contributed by atoms with Gasteiger partial charge in [-0.2, -0.15) is 0 Å². The first-order valence-electron chi connectivity index (χ1n) is 15.0. The van der Waals surface area contributed by atoms with Crippen LogP contribution in [-0.2, 0) is 51.2 Å². The molecule has 0 fully saturated rings. The second-order valence-electron chi connectivity index (χ2n) is 10.4. The fourth-order valence-electron chi connectivity index (χ4n) is 4.38. The minimum atomic E-state index is -4.13. The maximum atomic E-state index is 14.1. The molecule has 0 spiro atoms. The van der Waals surface area contributed by atoms with Crippen molar-refractivity contribution in [1.29, 1.82) is 0 Å². The predicted molar refractivity (Wildman–Crippen MR) is 176 cm³/mol. The van der Waals surface area contributed by atoms with Crippen LogP contribution in [0.3, 0.4) is 0 Å². The summed E-state index contributed by atoms with van der Waals surface area (Å²) in [5.41, 5.74) is 4.36. The van der Waals surface area contributed by atoms with Crippen LogP contribution in [0.4, 0.5) is 4.79 Å². The molecule has 0 radical (unpaired) electrons. The van der Waals surface area contributed by atoms with Crippen molar-refractivity contribution in [3.63, 3.8) is 0 Å². The summed E-state index contributed by atoms with van der Waals surface area (Å²) in [7, 11) is -4.13. The van der Waals surface area contributed by atoms with E-state index in [2.05, 4.69) is 5.32 Å². The maximum Gasteiger partial charge on any atom is 0.530 e. The van der Waals surface area contributed by atoms with E-state index in [1.54, 1.807) is 12.1 Å². The summed E-state index contributed by atoms with van der Waals surface area (Å²) in [5, 5.41) is 2.78. The third kappa shape index (κ3) is 10.6. The van der Waals surface area contributed by atoms with Crippen LogP contribution in [0, 0.1) is 0 Å². The fourth-order valence-corrected chi connectivity index (χ4v) is 5.57. The number of phosphoric ester groups is 1. The van der Waals surface area contributed by atoms with Crippen molar-refractivity contribution in [1.82, 2.24) is 5.32 Å². The molecule has 5 aromatic carbocycles. The molecule has 0 saturated heterocycles. The predicted octanol–water partition coefficient (Wildman–Crippen LogP) is 8.66. The van der Waals surface area contributed by atoms with Gasteiger partial charge in [-0.25, -0.2) is 9.36 Å². The summed E-state index contributed by atoms with van der Waals surface area (Å²) in [6.45, 7) is 0.832. The first-order chi connectivity index (χ1) is 22.5. The number of nitrogens with one attached hydrogen (secondary N) is 1. The highest BCUT2D eigenvalue weighted by Gasteiger charge is 2.31. The standard InChI is InChI=1S/C37H36NO7P/c39-37(42-27-32-15-7-2-8-16-32)38-24-23-30-21-22-35(36(25-30)41-26-31-13-5-1-6-14-31)45-46(40,43-28-33-17-9-3-10-18-33)44-29-34-19-11-4-12-20-34/h1-22,25H,23-24,26-29H2,(H,38,39). The molecule has 1 N–H and O–H groups in total. The smallest absolute Gasteiger partial charge is 0.485 e. The minimum absolute atomic E-state index is 0.0250. The lowest BCUT2D eigenvalue weighted by molar-refractivity contribution is 0.139. The van der Waals surface area contributed by atoms with Gasteiger partial charge in [-0.1, -0.05) is 127 Å². The number of benzene rings is 5. The van der Waals surface area contributed by atoms with E-state index in [-0.39, 0.29) is 32.2 Å². The van der Waals surface area contributed by atoms with Gasteiger partial charge in [-0.05, 0) is 46.4 Å². The van der Waals surface area contributed by atoms with Crippen molar-refractivity contribution in [2.45, 2.75) is 32.8 Å². The van der Waals surface area contributed by atoms with Crippen molar-refractivity contribution in [2.75, 3.05) is 6.54 Å². The van der Waals surface area contributed by atoms with Gasteiger partial charge in [0.1, 0.15) is 13.2 Å². The first-order valence-corrected chi connectivity index (χ1v) is 16.4. The Morgan fingerprint density at radius 1 is 0.543 bits per heavy atom. The highest BCUT2D eigenvalue weighted by molar-refractivity contribution is 7.48. The minimum Gasteiger partial charge on any atom is -0.485 e. The van der Waals surface area contributed by atoms with Crippen LogP contribution in [0.2, 0.25) is 0 Å². The van der Waals surface area contributed by atoms with Crippen LogP contribution >= 0.6 is 7.82 Å². The Bertz CT molecular complexity index is 1640. The molecule has 236 valence electrons. The van der Waals surface area contributed by atoms with Crippen molar-refractivity contribution >= 4 is 13.9 Å². The molecule has 5 rings (SSSR count). The first kappa shape index (κ1) is 32.5. The molecule has 0 bridgehead atoms. The zero-order valence-electron chi connectivity index (χ0n) is 25.3. The molecule has 0 heterocycles. The Labute approximate surface area is 269 Å². The van der Waals surface area contributed by atoms with Gasteiger partial charge in [0.05, 0.1) is 13.2 Å². The van der Waals surface area contributed by atoms with Crippen molar-refractivity contribution in [3.8, 4) is 11.5 Å². The summed E-state index contributed by atoms with van der Waals surface area (Å²) in [4.78, 5) is 12.2. The summed E-state index contributed by atoms with van der Waals surface area (Å²) in [6, 6.07) is 43.3. The van der Waals surface area contributed by atoms with Crippen LogP contribution in [0.15, 0.2) is 140 Å². The van der Waals surface area contributed by atoms with Gasteiger partial charge in [0.15, 0.2) is 11.5 Å². The Morgan fingerprint density at radius 3 is 1.54 bits per heavy atom. The molecule has 0 saturated carbocycles. The van der Waals surface area contributed by atoms with Gasteiger partial charge in [-0.3, -0.25) is 9.05 Å². The van der Waals surface area contributed by atoms with Crippen molar-refractivity contribution < 1.29 is 32.4 Å². The number of hydrogen-bond acceptors (Lipinski definition) is 7. The summed E-state index contributed by atoms with van der Waals surface area (Å²) in [5.74, 6) is 0.569. The molecule has 46 heavy (non-hydrogen) atoms. The Kier molecular flexibility index (Phi) is 12.0. The average Bonchev–Trinajstić information content (AvgIpc) is 3.11. The SMILES string of the molecule is O=C(NCCc1ccc(OP(=O)(OCc2ccccc2)OCc2ccccc2)c(OCc2ccccc2)c1)OCc1ccccc1. The number of carbonyl (C=O) groups is 1. The van der Waals surface area contributed by atoms with Crippen molar-refractivity contribution in [2.24, 2.45) is 0 Å². The maximum absolute atomic E-state index is 14.1. The largest absolute Gasteiger partial charge is 0.530 e. The van der Waals surface area contributed by atoms with Crippen LogP contribution in [0.1, 0.15) is 27.8 Å². The van der Waals surface area contributed by atoms with E-state index in [1.807, 2.05) is 127 Å². The summed E-state index contributed by atoms with van der Waals surface area (Å²) < 4.78 is 43.2. The topological polar surface area (TPSA) is 92.3 Å². The second-order valence-corrected chi connectivity index (χ2v) is 11.9. The molecule has 8 nitrogen and oxygen atoms in total. The van der Waals surface area contributed by atoms with Gasteiger partial charge in [-0.15, -0.1) is 0 Å². The summed E-state index contributed by atoms with van der Waals surface area (Å²) >= 11 is 0. The number of rotatable bonds is 16. The number of carbonyl (C=O) groups excluding carboxylic acids is 1. The lowest BCUT2D eigenvalue weighted by Crippen LogP contribution is -2.26. The molecular formula is C37H36NO7P. The molecular weight excluding hydrogens is 601 g/mol. The van der Waals surface area contributed by atoms with Gasteiger partial charge < -0.3 is 19.3 Å². The van der Waals surface area contributed by atoms with E-state index in [0.717, 1.165) is 27.8 Å². The molecule has 0 aliphatic rings. The number of amides is 1. The van der Waals surface area contributed by atoms with Crippen LogP contribution < -0.4 is 14.6 Å². The molecule has 0 atom stereocenters. The zero-order valence-corrected chi connectivity index (χ0v) is 26.2. The third-order valence-electron chi connectivity index (χ3n) is 6.82. The summed E-state index contributed by atoms with van der Waals surface area (Å²) in [6.07, 6.45) is -0.00818. The lowest BCUT2D eigenvalue weighted by Gasteiger charge is -2.21. The highest BCUT2D eigenvalue weighted by atomic mass is 31.2. The van der Waals surface area contributed by atoms with Gasteiger partial charge in [0.2, 0.25) is 0 Å². The normalized spacial score (nSPS) is 11.0. The Morgan fingerprint density at radius 2 is 1.02 bits per heavy atom. The molecule has 0 aliphatic heterocycles. The Hall–Kier alpha value is -4.88.